The summed E-state index contributed by atoms with van der Waals surface area (Å²) in [7, 11) is 0. The zero-order valence-corrected chi connectivity index (χ0v) is 7.50. The molecule has 76 valence electrons. The van der Waals surface area contributed by atoms with Gasteiger partial charge in [-0.25, -0.2) is 8.78 Å². The Hall–Kier alpha value is -1.20. The Morgan fingerprint density at radius 3 is 2.64 bits per heavy atom. The van der Waals surface area contributed by atoms with Crippen LogP contribution in [-0.4, -0.2) is 34.2 Å². The van der Waals surface area contributed by atoms with Crippen molar-refractivity contribution in [2.75, 3.05) is 18.0 Å². The van der Waals surface area contributed by atoms with Gasteiger partial charge in [-0.1, -0.05) is 0 Å². The molecule has 14 heavy (non-hydrogen) atoms. The van der Waals surface area contributed by atoms with E-state index < -0.39 is 11.8 Å². The average molecular weight is 200 g/mol. The van der Waals surface area contributed by atoms with Gasteiger partial charge in [-0.2, -0.15) is 4.98 Å². The van der Waals surface area contributed by atoms with Crippen molar-refractivity contribution in [2.45, 2.75) is 24.7 Å². The molecule has 2 fully saturated rings. The third-order valence-corrected chi connectivity index (χ3v) is 2.79. The van der Waals surface area contributed by atoms with Crippen LogP contribution in [0.3, 0.4) is 0 Å². The molecule has 6 heteroatoms. The van der Waals surface area contributed by atoms with Crippen molar-refractivity contribution in [3.05, 3.63) is 5.82 Å². The molecular weight excluding hydrogens is 190 g/mol. The number of aromatic amines is 1. The van der Waals surface area contributed by atoms with Crippen molar-refractivity contribution < 1.29 is 8.78 Å². The first kappa shape index (κ1) is 8.14. The topological polar surface area (TPSA) is 44.8 Å². The number of alkyl halides is 2. The molecule has 1 saturated carbocycles. The highest BCUT2D eigenvalue weighted by molar-refractivity contribution is 5.33. The van der Waals surface area contributed by atoms with E-state index in [1.807, 2.05) is 4.90 Å². The fourth-order valence-electron chi connectivity index (χ4n) is 1.59. The minimum atomic E-state index is -2.56. The molecule has 0 aromatic carbocycles. The lowest BCUT2D eigenvalue weighted by Crippen LogP contribution is -2.37. The molecule has 1 N–H and O–H groups in total. The van der Waals surface area contributed by atoms with E-state index >= 15 is 0 Å². The summed E-state index contributed by atoms with van der Waals surface area (Å²) in [5.74, 6) is -2.40. The van der Waals surface area contributed by atoms with Crippen LogP contribution in [0.2, 0.25) is 0 Å². The van der Waals surface area contributed by atoms with Crippen LogP contribution in [0.15, 0.2) is 0 Å². The summed E-state index contributed by atoms with van der Waals surface area (Å²) in [6.07, 6.45) is 1.03. The van der Waals surface area contributed by atoms with Crippen LogP contribution < -0.4 is 4.90 Å². The number of nitrogens with zero attached hydrogens (tertiary/aromatic N) is 3. The van der Waals surface area contributed by atoms with Gasteiger partial charge < -0.3 is 4.90 Å². The molecule has 0 bridgehead atoms. The Kier molecular flexibility index (Phi) is 1.41. The van der Waals surface area contributed by atoms with Gasteiger partial charge >= 0.3 is 0 Å². The Morgan fingerprint density at radius 2 is 2.14 bits per heavy atom. The minimum Gasteiger partial charge on any atom is -0.339 e. The van der Waals surface area contributed by atoms with Crippen LogP contribution in [0.4, 0.5) is 14.7 Å². The van der Waals surface area contributed by atoms with Gasteiger partial charge in [-0.15, -0.1) is 5.10 Å². The summed E-state index contributed by atoms with van der Waals surface area (Å²) < 4.78 is 25.4. The predicted octanol–water partition coefficient (Wildman–Crippen LogP) is 1.14. The van der Waals surface area contributed by atoms with Gasteiger partial charge in [0.05, 0.1) is 5.92 Å². The quantitative estimate of drug-likeness (QED) is 0.778. The normalized spacial score (nSPS) is 28.7. The number of H-pyrrole nitrogens is 1. The van der Waals surface area contributed by atoms with E-state index in [4.69, 9.17) is 0 Å². The number of anilines is 1. The number of hydrogen-bond acceptors (Lipinski definition) is 3. The summed E-state index contributed by atoms with van der Waals surface area (Å²) in [6.45, 7) is 1.86. The summed E-state index contributed by atoms with van der Waals surface area (Å²) in [6, 6.07) is 0. The summed E-state index contributed by atoms with van der Waals surface area (Å²) >= 11 is 0. The number of hydrogen-bond donors (Lipinski definition) is 1. The maximum atomic E-state index is 12.7. The van der Waals surface area contributed by atoms with Crippen LogP contribution >= 0.6 is 0 Å². The fraction of sp³-hybridized carbons (Fsp3) is 0.750. The molecule has 1 aliphatic heterocycles. The number of nitrogens with one attached hydrogen (secondary N) is 1. The lowest BCUT2D eigenvalue weighted by atomic mass is 10.2. The lowest BCUT2D eigenvalue weighted by Gasteiger charge is -2.29. The monoisotopic (exact) mass is 200 g/mol. The second-order valence-electron chi connectivity index (χ2n) is 3.88. The zero-order chi connectivity index (χ0) is 9.76. The van der Waals surface area contributed by atoms with Crippen LogP contribution in [0.5, 0.6) is 0 Å². The van der Waals surface area contributed by atoms with Crippen LogP contribution in [0.25, 0.3) is 0 Å². The molecule has 3 rings (SSSR count). The zero-order valence-electron chi connectivity index (χ0n) is 7.50. The van der Waals surface area contributed by atoms with Gasteiger partial charge in [-0.05, 0) is 6.42 Å². The van der Waals surface area contributed by atoms with Crippen molar-refractivity contribution in [3.63, 3.8) is 0 Å². The first-order valence-electron chi connectivity index (χ1n) is 4.72. The van der Waals surface area contributed by atoms with Gasteiger partial charge in [0.2, 0.25) is 5.95 Å². The van der Waals surface area contributed by atoms with E-state index in [0.29, 0.717) is 11.8 Å². The predicted molar refractivity (Wildman–Crippen MR) is 45.5 cm³/mol. The Balaban J connectivity index is 1.77. The summed E-state index contributed by atoms with van der Waals surface area (Å²) in [5, 5.41) is 6.51. The van der Waals surface area contributed by atoms with Crippen molar-refractivity contribution in [1.29, 1.82) is 0 Å². The van der Waals surface area contributed by atoms with E-state index in [1.54, 1.807) is 0 Å². The van der Waals surface area contributed by atoms with Gasteiger partial charge in [0, 0.05) is 19.5 Å². The Morgan fingerprint density at radius 1 is 1.43 bits per heavy atom. The highest BCUT2D eigenvalue weighted by atomic mass is 19.3. The van der Waals surface area contributed by atoms with Gasteiger partial charge in [0.1, 0.15) is 5.82 Å². The maximum Gasteiger partial charge on any atom is 0.259 e. The summed E-state index contributed by atoms with van der Waals surface area (Å²) in [4.78, 5) is 6.04. The molecular formula is C8H10F2N4. The molecule has 1 aromatic rings. The smallest absolute Gasteiger partial charge is 0.259 e. The largest absolute Gasteiger partial charge is 0.339 e. The van der Waals surface area contributed by atoms with Crippen molar-refractivity contribution >= 4 is 5.95 Å². The number of aromatic nitrogens is 3. The fourth-order valence-corrected chi connectivity index (χ4v) is 1.59. The van der Waals surface area contributed by atoms with Crippen molar-refractivity contribution in [2.24, 2.45) is 0 Å². The molecule has 1 unspecified atom stereocenters. The number of rotatable bonds is 2. The summed E-state index contributed by atoms with van der Waals surface area (Å²) in [5.41, 5.74) is 0. The molecule has 4 nitrogen and oxygen atoms in total. The molecule has 2 aliphatic rings. The molecule has 0 amide bonds. The average Bonchev–Trinajstić information content (AvgIpc) is 2.49. The van der Waals surface area contributed by atoms with E-state index in [9.17, 15) is 8.78 Å². The SMILES string of the molecule is FC1(F)CC1c1nc(N2CCC2)n[nH]1. The van der Waals surface area contributed by atoms with E-state index in [2.05, 4.69) is 15.2 Å². The molecule has 1 aromatic heterocycles. The van der Waals surface area contributed by atoms with Crippen molar-refractivity contribution in [3.8, 4) is 0 Å². The minimum absolute atomic E-state index is 0.0956. The molecule has 0 spiro atoms. The second-order valence-corrected chi connectivity index (χ2v) is 3.88. The first-order valence-corrected chi connectivity index (χ1v) is 4.72. The second kappa shape index (κ2) is 2.43. The maximum absolute atomic E-state index is 12.7. The molecule has 1 atom stereocenters. The molecule has 2 heterocycles. The van der Waals surface area contributed by atoms with Gasteiger partial charge in [0.25, 0.3) is 5.92 Å². The van der Waals surface area contributed by atoms with E-state index in [0.717, 1.165) is 19.5 Å². The highest BCUT2D eigenvalue weighted by Crippen LogP contribution is 2.54. The van der Waals surface area contributed by atoms with E-state index in [-0.39, 0.29) is 6.42 Å². The van der Waals surface area contributed by atoms with Gasteiger partial charge in [0.15, 0.2) is 0 Å². The third kappa shape index (κ3) is 1.09. The van der Waals surface area contributed by atoms with Crippen LogP contribution in [-0.2, 0) is 0 Å². The lowest BCUT2D eigenvalue weighted by molar-refractivity contribution is 0.111. The van der Waals surface area contributed by atoms with Crippen LogP contribution in [0.1, 0.15) is 24.6 Å². The third-order valence-electron chi connectivity index (χ3n) is 2.79. The van der Waals surface area contributed by atoms with Crippen LogP contribution in [0, 0.1) is 0 Å². The Bertz CT molecular complexity index is 358. The first-order chi connectivity index (χ1) is 6.67. The molecule has 1 saturated heterocycles. The Labute approximate surface area is 79.3 Å². The van der Waals surface area contributed by atoms with E-state index in [1.165, 1.54) is 0 Å². The highest BCUT2D eigenvalue weighted by Gasteiger charge is 2.59. The van der Waals surface area contributed by atoms with Crippen molar-refractivity contribution in [1.82, 2.24) is 15.2 Å². The number of halogens is 2. The standard InChI is InChI=1S/C8H10F2N4/c9-8(10)4-5(8)6-11-7(13-12-6)14-2-1-3-14/h5H,1-4H2,(H,11,12,13). The molecule has 0 radical (unpaired) electrons. The van der Waals surface area contributed by atoms with Gasteiger partial charge in [-0.3, -0.25) is 5.10 Å². The molecule has 1 aliphatic carbocycles.